The van der Waals surface area contributed by atoms with Gasteiger partial charge in [-0.3, -0.25) is 0 Å². The fourth-order valence-corrected chi connectivity index (χ4v) is 1.71. The van der Waals surface area contributed by atoms with E-state index in [1.807, 2.05) is 0 Å². The molecule has 0 spiro atoms. The van der Waals surface area contributed by atoms with E-state index in [0.717, 1.165) is 9.05 Å². The Morgan fingerprint density at radius 1 is 1.46 bits per heavy atom. The van der Waals surface area contributed by atoms with Crippen molar-refractivity contribution in [1.29, 1.82) is 0 Å². The number of rotatable bonds is 6. The highest BCUT2D eigenvalue weighted by Gasteiger charge is 1.98. The van der Waals surface area contributed by atoms with E-state index in [0.29, 0.717) is 19.8 Å². The van der Waals surface area contributed by atoms with E-state index >= 15 is 0 Å². The number of ether oxygens (including phenoxy) is 1. The number of aromatic nitrogens is 2. The van der Waals surface area contributed by atoms with E-state index in [4.69, 9.17) is 9.84 Å². The molecule has 2 N–H and O–H groups in total. The van der Waals surface area contributed by atoms with Crippen molar-refractivity contribution in [3.8, 4) is 0 Å². The average Bonchev–Trinajstić information content (AvgIpc) is 2.51. The van der Waals surface area contributed by atoms with Crippen molar-refractivity contribution in [3.05, 3.63) is 3.92 Å². The molecule has 0 radical (unpaired) electrons. The first-order valence-electron chi connectivity index (χ1n) is 3.74. The van der Waals surface area contributed by atoms with Crippen LogP contribution in [-0.4, -0.2) is 41.7 Å². The highest BCUT2D eigenvalue weighted by atomic mass is 79.9. The lowest BCUT2D eigenvalue weighted by Crippen LogP contribution is -2.11. The van der Waals surface area contributed by atoms with Gasteiger partial charge < -0.3 is 15.2 Å². The van der Waals surface area contributed by atoms with Crippen molar-refractivity contribution in [3.63, 3.8) is 0 Å². The molecule has 7 heteroatoms. The second-order valence-electron chi connectivity index (χ2n) is 2.12. The molecule has 0 amide bonds. The normalized spacial score (nSPS) is 10.3. The lowest BCUT2D eigenvalue weighted by molar-refractivity contribution is 0.0992. The van der Waals surface area contributed by atoms with E-state index in [9.17, 15) is 0 Å². The Morgan fingerprint density at radius 3 is 2.92 bits per heavy atom. The molecule has 1 rings (SSSR count). The van der Waals surface area contributed by atoms with E-state index in [2.05, 4.69) is 31.4 Å². The topological polar surface area (TPSA) is 67.3 Å². The van der Waals surface area contributed by atoms with Crippen LogP contribution in [-0.2, 0) is 4.74 Å². The Balaban J connectivity index is 2.06. The van der Waals surface area contributed by atoms with Gasteiger partial charge in [-0.2, -0.15) is 0 Å². The lowest BCUT2D eigenvalue weighted by Gasteiger charge is -2.01. The standard InChI is InChI=1S/C6H10BrN3O2S/c7-5-9-10-6(13-5)8-1-3-12-4-2-11/h11H,1-4H2,(H,8,10). The monoisotopic (exact) mass is 267 g/mol. The number of aliphatic hydroxyl groups excluding tert-OH is 1. The van der Waals surface area contributed by atoms with Gasteiger partial charge in [-0.05, 0) is 15.9 Å². The Morgan fingerprint density at radius 2 is 2.31 bits per heavy atom. The minimum atomic E-state index is 0.0599. The van der Waals surface area contributed by atoms with Crippen LogP contribution in [0.15, 0.2) is 3.92 Å². The van der Waals surface area contributed by atoms with Crippen molar-refractivity contribution >= 4 is 32.4 Å². The van der Waals surface area contributed by atoms with Gasteiger partial charge in [0, 0.05) is 6.54 Å². The Kier molecular flexibility index (Phi) is 5.21. The summed E-state index contributed by atoms with van der Waals surface area (Å²) >= 11 is 4.64. The van der Waals surface area contributed by atoms with E-state index in [1.54, 1.807) is 0 Å². The van der Waals surface area contributed by atoms with Gasteiger partial charge in [0.1, 0.15) is 0 Å². The number of aliphatic hydroxyl groups is 1. The number of halogens is 1. The largest absolute Gasteiger partial charge is 0.394 e. The summed E-state index contributed by atoms with van der Waals surface area (Å²) in [6.45, 7) is 1.66. The summed E-state index contributed by atoms with van der Waals surface area (Å²) in [5, 5.41) is 19.8. The Hall–Kier alpha value is -0.240. The maximum Gasteiger partial charge on any atom is 0.206 e. The van der Waals surface area contributed by atoms with Crippen LogP contribution in [0.25, 0.3) is 0 Å². The van der Waals surface area contributed by atoms with Gasteiger partial charge in [-0.15, -0.1) is 10.2 Å². The minimum Gasteiger partial charge on any atom is -0.394 e. The molecular formula is C6H10BrN3O2S. The van der Waals surface area contributed by atoms with Crippen LogP contribution < -0.4 is 5.32 Å². The first-order chi connectivity index (χ1) is 6.33. The molecule has 1 heterocycles. The molecule has 0 aliphatic heterocycles. The highest BCUT2D eigenvalue weighted by molar-refractivity contribution is 9.11. The van der Waals surface area contributed by atoms with Gasteiger partial charge in [-0.1, -0.05) is 11.3 Å². The summed E-state index contributed by atoms with van der Waals surface area (Å²) in [6.07, 6.45) is 0. The van der Waals surface area contributed by atoms with Gasteiger partial charge in [0.25, 0.3) is 0 Å². The van der Waals surface area contributed by atoms with Crippen molar-refractivity contribution in [2.75, 3.05) is 31.7 Å². The summed E-state index contributed by atoms with van der Waals surface area (Å²) < 4.78 is 5.80. The second kappa shape index (κ2) is 6.25. The summed E-state index contributed by atoms with van der Waals surface area (Å²) in [7, 11) is 0. The molecule has 1 aromatic heterocycles. The van der Waals surface area contributed by atoms with Crippen molar-refractivity contribution in [2.24, 2.45) is 0 Å². The van der Waals surface area contributed by atoms with Crippen molar-refractivity contribution in [1.82, 2.24) is 10.2 Å². The van der Waals surface area contributed by atoms with Crippen LogP contribution in [0.4, 0.5) is 5.13 Å². The molecule has 0 atom stereocenters. The zero-order valence-corrected chi connectivity index (χ0v) is 9.27. The van der Waals surface area contributed by atoms with Crippen LogP contribution in [0.2, 0.25) is 0 Å². The second-order valence-corrected chi connectivity index (χ2v) is 4.38. The molecule has 0 aliphatic carbocycles. The predicted molar refractivity (Wildman–Crippen MR) is 54.0 cm³/mol. The maximum atomic E-state index is 8.41. The van der Waals surface area contributed by atoms with Gasteiger partial charge in [-0.25, -0.2) is 0 Å². The molecular weight excluding hydrogens is 258 g/mol. The predicted octanol–water partition coefficient (Wildman–Crippen LogP) is 0.721. The molecule has 0 saturated heterocycles. The van der Waals surface area contributed by atoms with Crippen LogP contribution >= 0.6 is 27.3 Å². The summed E-state index contributed by atoms with van der Waals surface area (Å²) in [4.78, 5) is 0. The molecule has 13 heavy (non-hydrogen) atoms. The van der Waals surface area contributed by atoms with E-state index in [1.165, 1.54) is 11.3 Å². The van der Waals surface area contributed by atoms with E-state index < -0.39 is 0 Å². The highest BCUT2D eigenvalue weighted by Crippen LogP contribution is 2.19. The summed E-state index contributed by atoms with van der Waals surface area (Å²) in [5.41, 5.74) is 0. The zero-order chi connectivity index (χ0) is 9.52. The maximum absolute atomic E-state index is 8.41. The van der Waals surface area contributed by atoms with Crippen LogP contribution in [0.3, 0.4) is 0 Å². The molecule has 0 fully saturated rings. The molecule has 1 aromatic rings. The number of nitrogens with zero attached hydrogens (tertiary/aromatic N) is 2. The third-order valence-electron chi connectivity index (χ3n) is 1.16. The molecule has 0 aromatic carbocycles. The van der Waals surface area contributed by atoms with Gasteiger partial charge in [0.15, 0.2) is 3.92 Å². The number of anilines is 1. The van der Waals surface area contributed by atoms with Gasteiger partial charge >= 0.3 is 0 Å². The fraction of sp³-hybridized carbons (Fsp3) is 0.667. The number of hydrogen-bond acceptors (Lipinski definition) is 6. The number of hydrogen-bond donors (Lipinski definition) is 2. The molecule has 74 valence electrons. The molecule has 5 nitrogen and oxygen atoms in total. The molecule has 0 unspecified atom stereocenters. The molecule has 0 aliphatic rings. The van der Waals surface area contributed by atoms with Crippen LogP contribution in [0, 0.1) is 0 Å². The Bertz CT molecular complexity index is 246. The minimum absolute atomic E-state index is 0.0599. The quantitative estimate of drug-likeness (QED) is 0.744. The van der Waals surface area contributed by atoms with Gasteiger partial charge in [0.05, 0.1) is 19.8 Å². The third kappa shape index (κ3) is 4.51. The third-order valence-corrected chi connectivity index (χ3v) is 2.47. The smallest absolute Gasteiger partial charge is 0.206 e. The first-order valence-corrected chi connectivity index (χ1v) is 5.35. The van der Waals surface area contributed by atoms with Crippen molar-refractivity contribution < 1.29 is 9.84 Å². The SMILES string of the molecule is OCCOCCNc1nnc(Br)s1. The fourth-order valence-electron chi connectivity index (χ4n) is 0.674. The average molecular weight is 268 g/mol. The molecule has 0 saturated carbocycles. The van der Waals surface area contributed by atoms with Crippen molar-refractivity contribution in [2.45, 2.75) is 0 Å². The zero-order valence-electron chi connectivity index (χ0n) is 6.86. The van der Waals surface area contributed by atoms with Crippen LogP contribution in [0.5, 0.6) is 0 Å². The molecule has 0 bridgehead atoms. The summed E-state index contributed by atoms with van der Waals surface area (Å²) in [6, 6.07) is 0. The van der Waals surface area contributed by atoms with Crippen LogP contribution in [0.1, 0.15) is 0 Å². The van der Waals surface area contributed by atoms with E-state index in [-0.39, 0.29) is 6.61 Å². The summed E-state index contributed by atoms with van der Waals surface area (Å²) in [5.74, 6) is 0. The Labute approximate surface area is 88.3 Å². The lowest BCUT2D eigenvalue weighted by atomic mass is 10.7. The van der Waals surface area contributed by atoms with Gasteiger partial charge in [0.2, 0.25) is 5.13 Å². The number of nitrogens with one attached hydrogen (secondary N) is 1. The first kappa shape index (κ1) is 10.8.